The van der Waals surface area contributed by atoms with E-state index in [4.69, 9.17) is 0 Å². The number of carbonyl (C=O) groups excluding carboxylic acids is 1. The average molecular weight is 391 g/mol. The van der Waals surface area contributed by atoms with Crippen LogP contribution in [0.1, 0.15) is 15.9 Å². The monoisotopic (exact) mass is 391 g/mol. The van der Waals surface area contributed by atoms with Crippen LogP contribution >= 0.6 is 0 Å². The van der Waals surface area contributed by atoms with E-state index in [0.29, 0.717) is 17.8 Å². The summed E-state index contributed by atoms with van der Waals surface area (Å²) >= 11 is 0. The molecule has 3 aromatic rings. The number of benzene rings is 2. The van der Waals surface area contributed by atoms with Crippen LogP contribution < -0.4 is 15.5 Å². The van der Waals surface area contributed by atoms with Gasteiger partial charge in [-0.3, -0.25) is 15.1 Å². The van der Waals surface area contributed by atoms with Crippen molar-refractivity contribution in [3.05, 3.63) is 90.0 Å². The van der Waals surface area contributed by atoms with Gasteiger partial charge in [0.15, 0.2) is 0 Å². The van der Waals surface area contributed by atoms with Gasteiger partial charge >= 0.3 is 0 Å². The number of nitrogens with zero attached hydrogens (tertiary/aromatic N) is 3. The van der Waals surface area contributed by atoms with Crippen LogP contribution in [0.4, 0.5) is 15.8 Å². The second kappa shape index (κ2) is 9.45. The largest absolute Gasteiger partial charge is 0.378 e. The lowest BCUT2D eigenvalue weighted by Gasteiger charge is -2.15. The average Bonchev–Trinajstić information content (AvgIpc) is 2.74. The Morgan fingerprint density at radius 1 is 1.07 bits per heavy atom. The van der Waals surface area contributed by atoms with E-state index in [-0.39, 0.29) is 17.7 Å². The molecule has 0 saturated heterocycles. The number of aromatic nitrogens is 1. The summed E-state index contributed by atoms with van der Waals surface area (Å²) in [5.41, 5.74) is 2.98. The number of aliphatic imine (C=N–C) groups is 1. The van der Waals surface area contributed by atoms with Crippen molar-refractivity contribution in [2.75, 3.05) is 24.3 Å². The van der Waals surface area contributed by atoms with Gasteiger partial charge in [-0.25, -0.2) is 9.38 Å². The van der Waals surface area contributed by atoms with E-state index in [1.54, 1.807) is 36.7 Å². The Morgan fingerprint density at radius 3 is 2.48 bits per heavy atom. The first-order valence-electron chi connectivity index (χ1n) is 9.06. The fourth-order valence-corrected chi connectivity index (χ4v) is 2.54. The van der Waals surface area contributed by atoms with Crippen LogP contribution in [0.25, 0.3) is 0 Å². The smallest absolute Gasteiger partial charge is 0.258 e. The molecule has 0 atom stereocenters. The van der Waals surface area contributed by atoms with Crippen LogP contribution in [-0.4, -0.2) is 30.9 Å². The summed E-state index contributed by atoms with van der Waals surface area (Å²) in [5.74, 6) is -0.360. The molecule has 0 aliphatic rings. The molecule has 0 unspecified atom stereocenters. The molecule has 1 heterocycles. The van der Waals surface area contributed by atoms with E-state index in [2.05, 4.69) is 20.6 Å². The van der Waals surface area contributed by atoms with Gasteiger partial charge in [-0.2, -0.15) is 0 Å². The molecule has 1 aromatic heterocycles. The molecule has 6 nitrogen and oxygen atoms in total. The summed E-state index contributed by atoms with van der Waals surface area (Å²) in [6.07, 6.45) is 3.37. The third kappa shape index (κ3) is 5.87. The highest BCUT2D eigenvalue weighted by atomic mass is 19.1. The van der Waals surface area contributed by atoms with Crippen LogP contribution in [0.15, 0.2) is 78.0 Å². The van der Waals surface area contributed by atoms with Gasteiger partial charge in [-0.1, -0.05) is 6.07 Å². The molecule has 7 heteroatoms. The van der Waals surface area contributed by atoms with Crippen molar-refractivity contribution in [3.63, 3.8) is 0 Å². The summed E-state index contributed by atoms with van der Waals surface area (Å²) in [6.45, 7) is 0.351. The minimum absolute atomic E-state index is 0.272. The standard InChI is InChI=1S/C22H22FN5O/c1-28(2)20-5-3-4-17(14-20)21(29)27-22(25-15-16-10-12-24-13-11-16)26-19-8-6-18(23)7-9-19/h3-14H,15H2,1-2H3,(H2,25,26,27,29). The molecule has 0 bridgehead atoms. The molecule has 2 aromatic carbocycles. The molecule has 29 heavy (non-hydrogen) atoms. The molecule has 2 N–H and O–H groups in total. The van der Waals surface area contributed by atoms with Crippen molar-refractivity contribution in [1.29, 1.82) is 0 Å². The van der Waals surface area contributed by atoms with Gasteiger partial charge in [-0.05, 0) is 60.2 Å². The molecule has 1 amide bonds. The van der Waals surface area contributed by atoms with Gasteiger partial charge in [0, 0.05) is 43.4 Å². The number of carbonyl (C=O) groups is 1. The topological polar surface area (TPSA) is 69.6 Å². The third-order valence-corrected chi connectivity index (χ3v) is 4.13. The normalized spacial score (nSPS) is 11.1. The maximum Gasteiger partial charge on any atom is 0.258 e. The summed E-state index contributed by atoms with van der Waals surface area (Å²) in [6, 6.07) is 16.8. The zero-order valence-electron chi connectivity index (χ0n) is 16.3. The van der Waals surface area contributed by atoms with Crippen molar-refractivity contribution in [2.24, 2.45) is 4.99 Å². The van der Waals surface area contributed by atoms with E-state index < -0.39 is 0 Å². The highest BCUT2D eigenvalue weighted by molar-refractivity contribution is 6.10. The van der Waals surface area contributed by atoms with Crippen molar-refractivity contribution >= 4 is 23.2 Å². The van der Waals surface area contributed by atoms with E-state index in [1.807, 2.05) is 43.3 Å². The first-order chi connectivity index (χ1) is 14.0. The summed E-state index contributed by atoms with van der Waals surface area (Å²) in [4.78, 5) is 23.1. The second-order valence-corrected chi connectivity index (χ2v) is 6.55. The van der Waals surface area contributed by atoms with E-state index >= 15 is 0 Å². The molecule has 148 valence electrons. The van der Waals surface area contributed by atoms with Crippen molar-refractivity contribution < 1.29 is 9.18 Å². The van der Waals surface area contributed by atoms with Crippen molar-refractivity contribution in [2.45, 2.75) is 6.54 Å². The second-order valence-electron chi connectivity index (χ2n) is 6.55. The highest BCUT2D eigenvalue weighted by Crippen LogP contribution is 2.14. The van der Waals surface area contributed by atoms with Crippen LogP contribution in [0.5, 0.6) is 0 Å². The number of pyridine rings is 1. The number of halogens is 1. The predicted octanol–water partition coefficient (Wildman–Crippen LogP) is 3.68. The molecule has 0 aliphatic carbocycles. The SMILES string of the molecule is CN(C)c1cccc(C(=O)NC(=NCc2ccncc2)Nc2ccc(F)cc2)c1. The number of rotatable bonds is 5. The Kier molecular flexibility index (Phi) is 6.52. The van der Waals surface area contributed by atoms with E-state index in [1.165, 1.54) is 12.1 Å². The minimum Gasteiger partial charge on any atom is -0.378 e. The predicted molar refractivity (Wildman–Crippen MR) is 114 cm³/mol. The maximum absolute atomic E-state index is 13.2. The van der Waals surface area contributed by atoms with Crippen LogP contribution in [-0.2, 0) is 6.54 Å². The van der Waals surface area contributed by atoms with Gasteiger partial charge in [0.05, 0.1) is 6.54 Å². The fourth-order valence-electron chi connectivity index (χ4n) is 2.54. The first-order valence-corrected chi connectivity index (χ1v) is 9.06. The van der Waals surface area contributed by atoms with Gasteiger partial charge < -0.3 is 10.2 Å². The molecule has 0 fully saturated rings. The summed E-state index contributed by atoms with van der Waals surface area (Å²) in [7, 11) is 3.82. The Labute approximate surface area is 169 Å². The summed E-state index contributed by atoms with van der Waals surface area (Å²) < 4.78 is 13.2. The Morgan fingerprint density at radius 2 is 1.79 bits per heavy atom. The lowest BCUT2D eigenvalue weighted by atomic mass is 10.2. The number of hydrogen-bond donors (Lipinski definition) is 2. The zero-order chi connectivity index (χ0) is 20.6. The zero-order valence-corrected chi connectivity index (χ0v) is 16.3. The Balaban J connectivity index is 1.80. The fraction of sp³-hybridized carbons (Fsp3) is 0.136. The van der Waals surface area contributed by atoms with Crippen LogP contribution in [0.2, 0.25) is 0 Å². The molecular formula is C22H22FN5O. The Bertz CT molecular complexity index is 988. The minimum atomic E-state index is -0.338. The number of hydrogen-bond acceptors (Lipinski definition) is 4. The van der Waals surface area contributed by atoms with Gasteiger partial charge in [-0.15, -0.1) is 0 Å². The molecule has 0 saturated carbocycles. The van der Waals surface area contributed by atoms with Crippen molar-refractivity contribution in [3.8, 4) is 0 Å². The lowest BCUT2D eigenvalue weighted by Crippen LogP contribution is -2.36. The number of anilines is 2. The molecule has 0 spiro atoms. The van der Waals surface area contributed by atoms with Gasteiger partial charge in [0.1, 0.15) is 5.82 Å². The molecule has 0 radical (unpaired) electrons. The molecule has 3 rings (SSSR count). The van der Waals surface area contributed by atoms with Crippen LogP contribution in [0, 0.1) is 5.82 Å². The van der Waals surface area contributed by atoms with E-state index in [0.717, 1.165) is 11.3 Å². The highest BCUT2D eigenvalue weighted by Gasteiger charge is 2.11. The molecular weight excluding hydrogens is 369 g/mol. The van der Waals surface area contributed by atoms with Crippen LogP contribution in [0.3, 0.4) is 0 Å². The van der Waals surface area contributed by atoms with Gasteiger partial charge in [0.2, 0.25) is 5.96 Å². The van der Waals surface area contributed by atoms with Crippen molar-refractivity contribution in [1.82, 2.24) is 10.3 Å². The quantitative estimate of drug-likeness (QED) is 0.514. The third-order valence-electron chi connectivity index (χ3n) is 4.13. The Hall–Kier alpha value is -3.74. The van der Waals surface area contributed by atoms with Gasteiger partial charge in [0.25, 0.3) is 5.91 Å². The first kappa shape index (κ1) is 20.0. The lowest BCUT2D eigenvalue weighted by molar-refractivity contribution is 0.0977. The maximum atomic E-state index is 13.2. The number of guanidine groups is 1. The number of nitrogens with one attached hydrogen (secondary N) is 2. The summed E-state index contributed by atoms with van der Waals surface area (Å²) in [5, 5.41) is 5.84. The van der Waals surface area contributed by atoms with E-state index in [9.17, 15) is 9.18 Å². The molecule has 0 aliphatic heterocycles. The number of amides is 1.